The van der Waals surface area contributed by atoms with Crippen LogP contribution in [-0.2, 0) is 4.79 Å². The molecule has 1 rings (SSSR count). The fraction of sp³-hybridized carbons (Fsp3) is 0.895. The number of aliphatic imine (C=N–C) groups is 1. The van der Waals surface area contributed by atoms with Crippen LogP contribution in [0.5, 0.6) is 0 Å². The Hall–Kier alpha value is -0.530. The van der Waals surface area contributed by atoms with Gasteiger partial charge in [0, 0.05) is 31.6 Å². The molecule has 0 saturated heterocycles. The highest BCUT2D eigenvalue weighted by Crippen LogP contribution is 2.24. The zero-order chi connectivity index (χ0) is 17.9. The molecular weight excluding hydrogens is 427 g/mol. The largest absolute Gasteiger partial charge is 0.356 e. The average Bonchev–Trinajstić information content (AvgIpc) is 2.52. The van der Waals surface area contributed by atoms with Crippen LogP contribution in [0, 0.1) is 11.8 Å². The second-order valence-corrected chi connectivity index (χ2v) is 7.76. The molecule has 3 N–H and O–H groups in total. The Labute approximate surface area is 171 Å². The molecule has 0 aromatic heterocycles. The van der Waals surface area contributed by atoms with E-state index in [4.69, 9.17) is 0 Å². The summed E-state index contributed by atoms with van der Waals surface area (Å²) in [7, 11) is 1.81. The number of guanidine groups is 1. The van der Waals surface area contributed by atoms with E-state index in [1.165, 1.54) is 19.3 Å². The molecule has 6 heteroatoms. The lowest BCUT2D eigenvalue weighted by Crippen LogP contribution is -2.47. The van der Waals surface area contributed by atoms with Crippen LogP contribution in [0.1, 0.15) is 72.6 Å². The standard InChI is InChI=1S/C19H38N4O.HI/c1-14(2)9-6-7-12-21-19(20-5)23-17-11-8-10-16(13-17)18(24)22-15(3)4;/h14-17H,6-13H2,1-5H3,(H,22,24)(H2,20,21,23);1H. The highest BCUT2D eigenvalue weighted by Gasteiger charge is 2.27. The van der Waals surface area contributed by atoms with Gasteiger partial charge in [0.05, 0.1) is 0 Å². The monoisotopic (exact) mass is 466 g/mol. The molecule has 148 valence electrons. The van der Waals surface area contributed by atoms with Crippen molar-refractivity contribution in [2.45, 2.75) is 84.7 Å². The summed E-state index contributed by atoms with van der Waals surface area (Å²) in [6.45, 7) is 9.52. The summed E-state index contributed by atoms with van der Waals surface area (Å²) in [6.07, 6.45) is 7.80. The highest BCUT2D eigenvalue weighted by molar-refractivity contribution is 14.0. The summed E-state index contributed by atoms with van der Waals surface area (Å²) >= 11 is 0. The molecule has 0 radical (unpaired) electrons. The SMILES string of the molecule is CN=C(NCCCCC(C)C)NC1CCCC(C(=O)NC(C)C)C1.I. The number of carbonyl (C=O) groups is 1. The molecular formula is C19H39IN4O. The molecule has 25 heavy (non-hydrogen) atoms. The molecule has 5 nitrogen and oxygen atoms in total. The van der Waals surface area contributed by atoms with Crippen molar-refractivity contribution in [2.75, 3.05) is 13.6 Å². The van der Waals surface area contributed by atoms with Crippen LogP contribution in [0.4, 0.5) is 0 Å². The summed E-state index contributed by atoms with van der Waals surface area (Å²) in [6, 6.07) is 0.551. The number of rotatable bonds is 8. The first-order valence-corrected chi connectivity index (χ1v) is 9.70. The topological polar surface area (TPSA) is 65.5 Å². The molecule has 1 aliphatic carbocycles. The third-order valence-electron chi connectivity index (χ3n) is 4.54. The molecule has 0 heterocycles. The number of nitrogens with zero attached hydrogens (tertiary/aromatic N) is 1. The molecule has 0 aromatic rings. The van der Waals surface area contributed by atoms with Crippen LogP contribution < -0.4 is 16.0 Å². The lowest BCUT2D eigenvalue weighted by Gasteiger charge is -2.30. The molecule has 0 spiro atoms. The van der Waals surface area contributed by atoms with Crippen LogP contribution in [0.2, 0.25) is 0 Å². The summed E-state index contributed by atoms with van der Waals surface area (Å²) in [5, 5.41) is 9.95. The molecule has 1 saturated carbocycles. The number of amides is 1. The second kappa shape index (κ2) is 13.6. The molecule has 0 aromatic carbocycles. The van der Waals surface area contributed by atoms with E-state index in [0.29, 0.717) is 6.04 Å². The van der Waals surface area contributed by atoms with Crippen LogP contribution >= 0.6 is 24.0 Å². The molecule has 0 aliphatic heterocycles. The first-order chi connectivity index (χ1) is 11.4. The summed E-state index contributed by atoms with van der Waals surface area (Å²) < 4.78 is 0. The highest BCUT2D eigenvalue weighted by atomic mass is 127. The van der Waals surface area contributed by atoms with Gasteiger partial charge in [-0.1, -0.05) is 33.1 Å². The Morgan fingerprint density at radius 1 is 1.16 bits per heavy atom. The van der Waals surface area contributed by atoms with Crippen molar-refractivity contribution in [2.24, 2.45) is 16.8 Å². The van der Waals surface area contributed by atoms with Gasteiger partial charge < -0.3 is 16.0 Å². The van der Waals surface area contributed by atoms with Crippen LogP contribution in [0.3, 0.4) is 0 Å². The molecule has 1 aliphatic rings. The zero-order valence-corrected chi connectivity index (χ0v) is 19.1. The smallest absolute Gasteiger partial charge is 0.223 e. The number of hydrogen-bond donors (Lipinski definition) is 3. The van der Waals surface area contributed by atoms with Gasteiger partial charge in [-0.05, 0) is 45.4 Å². The van der Waals surface area contributed by atoms with Crippen molar-refractivity contribution >= 4 is 35.8 Å². The van der Waals surface area contributed by atoms with Crippen molar-refractivity contribution in [3.8, 4) is 0 Å². The van der Waals surface area contributed by atoms with E-state index in [1.807, 2.05) is 20.9 Å². The van der Waals surface area contributed by atoms with Gasteiger partial charge >= 0.3 is 0 Å². The van der Waals surface area contributed by atoms with Crippen LogP contribution in [0.15, 0.2) is 4.99 Å². The van der Waals surface area contributed by atoms with E-state index in [-0.39, 0.29) is 41.8 Å². The Balaban J connectivity index is 0.00000576. The number of carbonyl (C=O) groups excluding carboxylic acids is 1. The van der Waals surface area contributed by atoms with E-state index in [0.717, 1.165) is 44.1 Å². The zero-order valence-electron chi connectivity index (χ0n) is 16.7. The molecule has 0 bridgehead atoms. The fourth-order valence-corrected chi connectivity index (χ4v) is 3.23. The normalized spacial score (nSPS) is 21.0. The van der Waals surface area contributed by atoms with Gasteiger partial charge in [-0.3, -0.25) is 9.79 Å². The molecule has 2 atom stereocenters. The van der Waals surface area contributed by atoms with Crippen molar-refractivity contribution in [1.82, 2.24) is 16.0 Å². The third-order valence-corrected chi connectivity index (χ3v) is 4.54. The lowest BCUT2D eigenvalue weighted by atomic mass is 9.85. The van der Waals surface area contributed by atoms with Gasteiger partial charge in [0.15, 0.2) is 5.96 Å². The average molecular weight is 466 g/mol. The Bertz CT molecular complexity index is 399. The van der Waals surface area contributed by atoms with Gasteiger partial charge in [0.2, 0.25) is 5.91 Å². The van der Waals surface area contributed by atoms with Crippen LogP contribution in [0.25, 0.3) is 0 Å². The summed E-state index contributed by atoms with van der Waals surface area (Å²) in [5.74, 6) is 1.98. The maximum absolute atomic E-state index is 12.2. The first kappa shape index (κ1) is 24.5. The van der Waals surface area contributed by atoms with E-state index in [1.54, 1.807) is 0 Å². The number of nitrogens with one attached hydrogen (secondary N) is 3. The third kappa shape index (κ3) is 10.9. The minimum Gasteiger partial charge on any atom is -0.356 e. The van der Waals surface area contributed by atoms with Gasteiger partial charge in [-0.25, -0.2) is 0 Å². The van der Waals surface area contributed by atoms with Gasteiger partial charge in [0.1, 0.15) is 0 Å². The van der Waals surface area contributed by atoms with E-state index < -0.39 is 0 Å². The predicted octanol–water partition coefficient (Wildman–Crippen LogP) is 3.68. The van der Waals surface area contributed by atoms with Crippen molar-refractivity contribution < 1.29 is 4.79 Å². The maximum atomic E-state index is 12.2. The first-order valence-electron chi connectivity index (χ1n) is 9.70. The minimum absolute atomic E-state index is 0. The Kier molecular flexibility index (Phi) is 13.4. The fourth-order valence-electron chi connectivity index (χ4n) is 3.23. The van der Waals surface area contributed by atoms with E-state index in [9.17, 15) is 4.79 Å². The maximum Gasteiger partial charge on any atom is 0.223 e. The van der Waals surface area contributed by atoms with Crippen molar-refractivity contribution in [3.63, 3.8) is 0 Å². The Morgan fingerprint density at radius 2 is 1.88 bits per heavy atom. The van der Waals surface area contributed by atoms with Gasteiger partial charge in [-0.2, -0.15) is 0 Å². The summed E-state index contributed by atoms with van der Waals surface area (Å²) in [5.41, 5.74) is 0. The van der Waals surface area contributed by atoms with Gasteiger partial charge in [-0.15, -0.1) is 24.0 Å². The number of halogens is 1. The Morgan fingerprint density at radius 3 is 2.48 bits per heavy atom. The summed E-state index contributed by atoms with van der Waals surface area (Å²) in [4.78, 5) is 16.6. The predicted molar refractivity (Wildman–Crippen MR) is 118 cm³/mol. The number of hydrogen-bond acceptors (Lipinski definition) is 2. The van der Waals surface area contributed by atoms with E-state index >= 15 is 0 Å². The lowest BCUT2D eigenvalue weighted by molar-refractivity contribution is -0.126. The second-order valence-electron chi connectivity index (χ2n) is 7.76. The quantitative estimate of drug-likeness (QED) is 0.221. The molecule has 2 unspecified atom stereocenters. The van der Waals surface area contributed by atoms with Gasteiger partial charge in [0.25, 0.3) is 0 Å². The van der Waals surface area contributed by atoms with Crippen molar-refractivity contribution in [1.29, 1.82) is 0 Å². The van der Waals surface area contributed by atoms with Crippen LogP contribution in [-0.4, -0.2) is 37.5 Å². The molecule has 1 amide bonds. The number of unbranched alkanes of at least 4 members (excludes halogenated alkanes) is 1. The minimum atomic E-state index is 0. The van der Waals surface area contributed by atoms with Crippen molar-refractivity contribution in [3.05, 3.63) is 0 Å². The molecule has 1 fully saturated rings. The van der Waals surface area contributed by atoms with E-state index in [2.05, 4.69) is 34.8 Å².